The van der Waals surface area contributed by atoms with Crippen molar-refractivity contribution in [2.45, 2.75) is 11.4 Å². The fourth-order valence-electron chi connectivity index (χ4n) is 1.55. The van der Waals surface area contributed by atoms with Gasteiger partial charge < -0.3 is 10.3 Å². The van der Waals surface area contributed by atoms with E-state index in [0.29, 0.717) is 11.6 Å². The monoisotopic (exact) mass is 300 g/mol. The number of rotatable bonds is 5. The molecule has 0 aliphatic heterocycles. The second kappa shape index (κ2) is 5.60. The van der Waals surface area contributed by atoms with Gasteiger partial charge in [0, 0.05) is 30.5 Å². The van der Waals surface area contributed by atoms with Crippen LogP contribution in [-0.2, 0) is 16.6 Å². The molecule has 2 rings (SSSR count). The Morgan fingerprint density at radius 1 is 1.42 bits per heavy atom. The van der Waals surface area contributed by atoms with Gasteiger partial charge in [0.25, 0.3) is 0 Å². The van der Waals surface area contributed by atoms with E-state index in [1.165, 1.54) is 12.1 Å². The highest BCUT2D eigenvalue weighted by molar-refractivity contribution is 7.89. The molecule has 0 saturated carbocycles. The largest absolute Gasteiger partial charge is 0.398 e. The van der Waals surface area contributed by atoms with Crippen LogP contribution in [0.15, 0.2) is 41.8 Å². The third-order valence-corrected chi connectivity index (χ3v) is 4.24. The Bertz CT molecular complexity index is 655. The molecule has 0 radical (unpaired) electrons. The first-order chi connectivity index (χ1) is 8.99. The molecule has 0 fully saturated rings. The van der Waals surface area contributed by atoms with Crippen LogP contribution in [0.4, 0.5) is 5.69 Å². The lowest BCUT2D eigenvalue weighted by atomic mass is 10.3. The zero-order chi connectivity index (χ0) is 13.9. The zero-order valence-corrected chi connectivity index (χ0v) is 11.5. The van der Waals surface area contributed by atoms with Gasteiger partial charge in [-0.25, -0.2) is 18.1 Å². The number of nitrogens with two attached hydrogens (primary N) is 1. The highest BCUT2D eigenvalue weighted by Crippen LogP contribution is 2.22. The summed E-state index contributed by atoms with van der Waals surface area (Å²) in [5, 5.41) is 0.323. The van der Waals surface area contributed by atoms with E-state index in [2.05, 4.69) is 9.71 Å². The van der Waals surface area contributed by atoms with Gasteiger partial charge in [0.1, 0.15) is 4.90 Å². The molecule has 3 N–H and O–H groups in total. The van der Waals surface area contributed by atoms with Gasteiger partial charge in [0.15, 0.2) is 0 Å². The number of nitrogen functional groups attached to an aromatic ring is 1. The molecule has 6 nitrogen and oxygen atoms in total. The van der Waals surface area contributed by atoms with Gasteiger partial charge in [0.05, 0.1) is 12.0 Å². The summed E-state index contributed by atoms with van der Waals surface area (Å²) < 4.78 is 28.4. The maximum Gasteiger partial charge on any atom is 0.242 e. The minimum absolute atomic E-state index is 0.00867. The van der Waals surface area contributed by atoms with Gasteiger partial charge in [0.2, 0.25) is 10.0 Å². The summed E-state index contributed by atoms with van der Waals surface area (Å²) in [7, 11) is -3.66. The predicted molar refractivity (Wildman–Crippen MR) is 73.3 cm³/mol. The van der Waals surface area contributed by atoms with Crippen LogP contribution in [-0.4, -0.2) is 24.5 Å². The van der Waals surface area contributed by atoms with Crippen LogP contribution in [0.3, 0.4) is 0 Å². The van der Waals surface area contributed by atoms with Crippen molar-refractivity contribution in [2.24, 2.45) is 0 Å². The third-order valence-electron chi connectivity index (χ3n) is 2.49. The maximum absolute atomic E-state index is 12.1. The van der Waals surface area contributed by atoms with Crippen molar-refractivity contribution in [2.75, 3.05) is 12.3 Å². The van der Waals surface area contributed by atoms with Gasteiger partial charge in [-0.3, -0.25) is 0 Å². The number of aromatic nitrogens is 2. The van der Waals surface area contributed by atoms with Gasteiger partial charge >= 0.3 is 0 Å². The number of nitrogens with one attached hydrogen (secondary N) is 1. The number of anilines is 1. The first kappa shape index (κ1) is 13.9. The average molecular weight is 301 g/mol. The molecule has 0 amide bonds. The predicted octanol–water partition coefficient (Wildman–Crippen LogP) is 1.10. The van der Waals surface area contributed by atoms with E-state index in [-0.39, 0.29) is 17.1 Å². The summed E-state index contributed by atoms with van der Waals surface area (Å²) in [6.45, 7) is 0.727. The number of imidazole rings is 1. The summed E-state index contributed by atoms with van der Waals surface area (Å²) in [6, 6.07) is 4.34. The van der Waals surface area contributed by atoms with Gasteiger partial charge in [-0.1, -0.05) is 11.6 Å². The highest BCUT2D eigenvalue weighted by atomic mass is 35.5. The molecular formula is C11H13ClN4O2S. The Balaban J connectivity index is 2.07. The minimum Gasteiger partial charge on any atom is -0.398 e. The number of hydrogen-bond acceptors (Lipinski definition) is 4. The van der Waals surface area contributed by atoms with E-state index in [9.17, 15) is 8.42 Å². The number of sulfonamides is 1. The van der Waals surface area contributed by atoms with Crippen molar-refractivity contribution in [3.8, 4) is 0 Å². The molecule has 0 saturated heterocycles. The van der Waals surface area contributed by atoms with Gasteiger partial charge in [-0.05, 0) is 18.2 Å². The lowest BCUT2D eigenvalue weighted by Gasteiger charge is -2.09. The van der Waals surface area contributed by atoms with E-state index >= 15 is 0 Å². The molecule has 1 aromatic carbocycles. The Morgan fingerprint density at radius 3 is 2.89 bits per heavy atom. The summed E-state index contributed by atoms with van der Waals surface area (Å²) in [5.74, 6) is 0. The smallest absolute Gasteiger partial charge is 0.242 e. The molecule has 1 heterocycles. The van der Waals surface area contributed by atoms with E-state index in [1.807, 2.05) is 0 Å². The van der Waals surface area contributed by atoms with Gasteiger partial charge in [-0.2, -0.15) is 0 Å². The van der Waals surface area contributed by atoms with Crippen molar-refractivity contribution in [1.82, 2.24) is 14.3 Å². The SMILES string of the molecule is Nc1ccc(Cl)cc1S(=O)(=O)NCCn1ccnc1. The molecule has 0 atom stereocenters. The molecule has 19 heavy (non-hydrogen) atoms. The number of nitrogens with zero attached hydrogens (tertiary/aromatic N) is 2. The molecule has 1 aromatic heterocycles. The molecule has 0 aliphatic carbocycles. The Kier molecular flexibility index (Phi) is 4.08. The van der Waals surface area contributed by atoms with Crippen molar-refractivity contribution in [3.05, 3.63) is 41.9 Å². The highest BCUT2D eigenvalue weighted by Gasteiger charge is 2.17. The van der Waals surface area contributed by atoms with Gasteiger partial charge in [-0.15, -0.1) is 0 Å². The summed E-state index contributed by atoms with van der Waals surface area (Å²) in [5.41, 5.74) is 5.82. The van der Waals surface area contributed by atoms with Crippen molar-refractivity contribution in [1.29, 1.82) is 0 Å². The first-order valence-corrected chi connectivity index (χ1v) is 7.35. The molecule has 0 bridgehead atoms. The molecular weight excluding hydrogens is 288 g/mol. The van der Waals surface area contributed by atoms with E-state index in [0.717, 1.165) is 0 Å². The summed E-state index contributed by atoms with van der Waals surface area (Å²) in [4.78, 5) is 3.86. The summed E-state index contributed by atoms with van der Waals surface area (Å²) in [6.07, 6.45) is 4.99. The first-order valence-electron chi connectivity index (χ1n) is 5.49. The normalized spacial score (nSPS) is 11.6. The second-order valence-electron chi connectivity index (χ2n) is 3.88. The number of benzene rings is 1. The molecule has 0 unspecified atom stereocenters. The maximum atomic E-state index is 12.1. The third kappa shape index (κ3) is 3.46. The standard InChI is InChI=1S/C11H13ClN4O2S/c12-9-1-2-10(13)11(7-9)19(17,18)15-4-6-16-5-3-14-8-16/h1-3,5,7-8,15H,4,6,13H2. The van der Waals surface area contributed by atoms with E-state index in [4.69, 9.17) is 17.3 Å². The Labute approximate surface area is 116 Å². The van der Waals surface area contributed by atoms with Crippen LogP contribution >= 0.6 is 11.6 Å². The fraction of sp³-hybridized carbons (Fsp3) is 0.182. The lowest BCUT2D eigenvalue weighted by Crippen LogP contribution is -2.27. The lowest BCUT2D eigenvalue weighted by molar-refractivity contribution is 0.573. The summed E-state index contributed by atoms with van der Waals surface area (Å²) >= 11 is 5.78. The van der Waals surface area contributed by atoms with Crippen LogP contribution in [0.1, 0.15) is 0 Å². The van der Waals surface area contributed by atoms with E-state index in [1.54, 1.807) is 29.4 Å². The Morgan fingerprint density at radius 2 is 2.21 bits per heavy atom. The molecule has 8 heteroatoms. The molecule has 0 spiro atoms. The molecule has 102 valence electrons. The van der Waals surface area contributed by atoms with Crippen molar-refractivity contribution < 1.29 is 8.42 Å². The number of hydrogen-bond donors (Lipinski definition) is 2. The van der Waals surface area contributed by atoms with Crippen LogP contribution in [0.25, 0.3) is 0 Å². The van der Waals surface area contributed by atoms with Crippen LogP contribution < -0.4 is 10.5 Å². The van der Waals surface area contributed by atoms with Crippen molar-refractivity contribution in [3.63, 3.8) is 0 Å². The Hall–Kier alpha value is -1.57. The molecule has 0 aliphatic rings. The van der Waals surface area contributed by atoms with E-state index < -0.39 is 10.0 Å². The van der Waals surface area contributed by atoms with Crippen LogP contribution in [0.5, 0.6) is 0 Å². The van der Waals surface area contributed by atoms with Crippen LogP contribution in [0, 0.1) is 0 Å². The zero-order valence-electron chi connectivity index (χ0n) is 9.95. The number of halogens is 1. The average Bonchev–Trinajstić information content (AvgIpc) is 2.85. The topological polar surface area (TPSA) is 90.0 Å². The molecule has 2 aromatic rings. The van der Waals surface area contributed by atoms with Crippen molar-refractivity contribution >= 4 is 27.3 Å². The van der Waals surface area contributed by atoms with Crippen LogP contribution in [0.2, 0.25) is 5.02 Å². The fourth-order valence-corrected chi connectivity index (χ4v) is 2.96. The minimum atomic E-state index is -3.66. The second-order valence-corrected chi connectivity index (χ2v) is 6.05. The quantitative estimate of drug-likeness (QED) is 0.809.